The number of pyridine rings is 1. The van der Waals surface area contributed by atoms with E-state index < -0.39 is 5.60 Å². The number of nitrogens with zero attached hydrogens (tertiary/aromatic N) is 6. The highest BCUT2D eigenvalue weighted by Crippen LogP contribution is 2.31. The number of aliphatic hydroxyl groups is 1. The van der Waals surface area contributed by atoms with E-state index in [0.717, 1.165) is 67.5 Å². The van der Waals surface area contributed by atoms with Gasteiger partial charge in [-0.1, -0.05) is 6.07 Å². The van der Waals surface area contributed by atoms with Crippen LogP contribution in [0.2, 0.25) is 0 Å². The SMILES string of the molecule is CNCc1cccnc1N1CCC(C)(O)C1.Cc1c(SN2CCn3nccc3C2)cc(C=O)n1C. The topological polar surface area (TPSA) is 91.5 Å². The number of fused-ring (bicyclic) bond motifs is 1. The predicted octanol–water partition coefficient (Wildman–Crippen LogP) is 2.63. The summed E-state index contributed by atoms with van der Waals surface area (Å²) in [4.78, 5) is 18.7. The Morgan fingerprint density at radius 1 is 1.26 bits per heavy atom. The largest absolute Gasteiger partial charge is 0.388 e. The molecule has 1 atom stereocenters. The Balaban J connectivity index is 0.000000168. The van der Waals surface area contributed by atoms with Crippen molar-refractivity contribution < 1.29 is 9.90 Å². The van der Waals surface area contributed by atoms with E-state index in [4.69, 9.17) is 0 Å². The van der Waals surface area contributed by atoms with Gasteiger partial charge in [0, 0.05) is 61.8 Å². The second-order valence-corrected chi connectivity index (χ2v) is 10.5. The predicted molar refractivity (Wildman–Crippen MR) is 138 cm³/mol. The van der Waals surface area contributed by atoms with E-state index in [-0.39, 0.29) is 0 Å². The summed E-state index contributed by atoms with van der Waals surface area (Å²) in [6, 6.07) is 8.04. The molecule has 0 bridgehead atoms. The summed E-state index contributed by atoms with van der Waals surface area (Å²) in [5, 5.41) is 17.4. The normalized spacial score (nSPS) is 19.9. The van der Waals surface area contributed by atoms with Gasteiger partial charge in [-0.2, -0.15) is 5.10 Å². The highest BCUT2D eigenvalue weighted by molar-refractivity contribution is 7.97. The van der Waals surface area contributed by atoms with E-state index in [1.165, 1.54) is 11.3 Å². The van der Waals surface area contributed by atoms with Gasteiger partial charge in [0.25, 0.3) is 0 Å². The fourth-order valence-corrected chi connectivity index (χ4v) is 5.54. The standard InChI is InChI=1S/C13H16N4OS.C12H19N3O/c1-10-13(7-12(9-18)15(10)2)19-16-5-6-17-11(8-16)3-4-14-17;1-12(16)5-7-15(9-12)11-10(8-13-2)4-3-6-14-11/h3-4,7,9H,5-6,8H2,1-2H3;3-4,6,13,16H,5,7-9H2,1-2H3. The fraction of sp³-hybridized carbons (Fsp3) is 0.480. The van der Waals surface area contributed by atoms with Crippen LogP contribution >= 0.6 is 11.9 Å². The van der Waals surface area contributed by atoms with Crippen molar-refractivity contribution in [1.29, 1.82) is 0 Å². The van der Waals surface area contributed by atoms with E-state index >= 15 is 0 Å². The Kier molecular flexibility index (Phi) is 7.95. The summed E-state index contributed by atoms with van der Waals surface area (Å²) in [5.41, 5.74) is 3.70. The zero-order valence-electron chi connectivity index (χ0n) is 20.9. The maximum Gasteiger partial charge on any atom is 0.166 e. The van der Waals surface area contributed by atoms with Crippen LogP contribution in [-0.2, 0) is 26.7 Å². The summed E-state index contributed by atoms with van der Waals surface area (Å²) in [6.07, 6.45) is 5.37. The highest BCUT2D eigenvalue weighted by atomic mass is 32.2. The minimum Gasteiger partial charge on any atom is -0.388 e. The van der Waals surface area contributed by atoms with Crippen LogP contribution in [0.25, 0.3) is 0 Å². The summed E-state index contributed by atoms with van der Waals surface area (Å²) < 4.78 is 6.29. The molecule has 3 aromatic rings. The lowest BCUT2D eigenvalue weighted by Crippen LogP contribution is -2.30. The smallest absolute Gasteiger partial charge is 0.166 e. The molecule has 9 nitrogen and oxygen atoms in total. The molecule has 188 valence electrons. The molecule has 5 heterocycles. The summed E-state index contributed by atoms with van der Waals surface area (Å²) >= 11 is 1.72. The number of β-amino-alcohol motifs (C(OH)–C–C–N with tert-alkyl or cyclic N) is 1. The van der Waals surface area contributed by atoms with Gasteiger partial charge in [0.1, 0.15) is 5.82 Å². The minimum atomic E-state index is -0.575. The van der Waals surface area contributed by atoms with Crippen molar-refractivity contribution in [3.63, 3.8) is 0 Å². The third-order valence-corrected chi connectivity index (χ3v) is 7.74. The van der Waals surface area contributed by atoms with Crippen molar-refractivity contribution in [1.82, 2.24) is 29.0 Å². The lowest BCUT2D eigenvalue weighted by atomic mass is 10.1. The third-order valence-electron chi connectivity index (χ3n) is 6.56. The maximum atomic E-state index is 11.0. The van der Waals surface area contributed by atoms with Gasteiger partial charge in [-0.25, -0.2) is 9.29 Å². The van der Waals surface area contributed by atoms with Crippen LogP contribution in [0.5, 0.6) is 0 Å². The average molecular weight is 498 g/mol. The Bertz CT molecular complexity index is 1160. The Morgan fingerprint density at radius 2 is 2.09 bits per heavy atom. The van der Waals surface area contributed by atoms with Gasteiger partial charge in [-0.3, -0.25) is 9.48 Å². The molecule has 1 fully saturated rings. The quantitative estimate of drug-likeness (QED) is 0.397. The Hall–Kier alpha value is -2.66. The minimum absolute atomic E-state index is 0.575. The molecule has 0 aliphatic carbocycles. The van der Waals surface area contributed by atoms with Gasteiger partial charge in [-0.15, -0.1) is 0 Å². The number of anilines is 1. The van der Waals surface area contributed by atoms with Crippen molar-refractivity contribution in [3.05, 3.63) is 59.3 Å². The van der Waals surface area contributed by atoms with Crippen LogP contribution in [0.15, 0.2) is 41.6 Å². The average Bonchev–Trinajstić information content (AvgIpc) is 3.53. The Morgan fingerprint density at radius 3 is 2.77 bits per heavy atom. The Labute approximate surface area is 211 Å². The molecule has 35 heavy (non-hydrogen) atoms. The number of aromatic nitrogens is 4. The molecular formula is C25H35N7O2S. The van der Waals surface area contributed by atoms with Crippen molar-refractivity contribution >= 4 is 24.1 Å². The van der Waals surface area contributed by atoms with Gasteiger partial charge < -0.3 is 19.9 Å². The number of carbonyl (C=O) groups is 1. The molecule has 2 aliphatic heterocycles. The van der Waals surface area contributed by atoms with E-state index in [1.54, 1.807) is 11.9 Å². The van der Waals surface area contributed by atoms with Gasteiger partial charge in [0.15, 0.2) is 6.29 Å². The summed E-state index contributed by atoms with van der Waals surface area (Å²) in [7, 11) is 3.85. The van der Waals surface area contributed by atoms with Crippen molar-refractivity contribution in [2.45, 2.75) is 50.4 Å². The molecule has 0 aromatic carbocycles. The monoisotopic (exact) mass is 497 g/mol. The second kappa shape index (κ2) is 10.9. The first kappa shape index (κ1) is 25.4. The second-order valence-electron chi connectivity index (χ2n) is 9.38. The molecule has 0 spiro atoms. The molecule has 0 saturated carbocycles. The molecule has 1 unspecified atom stereocenters. The number of rotatable bonds is 6. The molecule has 2 N–H and O–H groups in total. The van der Waals surface area contributed by atoms with E-state index in [9.17, 15) is 9.90 Å². The van der Waals surface area contributed by atoms with Gasteiger partial charge in [0.2, 0.25) is 0 Å². The lowest BCUT2D eigenvalue weighted by Gasteiger charge is -2.26. The first-order chi connectivity index (χ1) is 16.8. The van der Waals surface area contributed by atoms with E-state index in [1.807, 2.05) is 61.7 Å². The van der Waals surface area contributed by atoms with Crippen LogP contribution in [0, 0.1) is 6.92 Å². The van der Waals surface area contributed by atoms with Crippen molar-refractivity contribution in [3.8, 4) is 0 Å². The molecular weight excluding hydrogens is 462 g/mol. The lowest BCUT2D eigenvalue weighted by molar-refractivity contribution is 0.0838. The highest BCUT2D eigenvalue weighted by Gasteiger charge is 2.32. The summed E-state index contributed by atoms with van der Waals surface area (Å²) in [5.74, 6) is 0.995. The first-order valence-electron chi connectivity index (χ1n) is 11.9. The zero-order valence-corrected chi connectivity index (χ0v) is 21.8. The molecule has 5 rings (SSSR count). The zero-order chi connectivity index (χ0) is 25.0. The number of aldehydes is 1. The molecule has 0 amide bonds. The van der Waals surface area contributed by atoms with E-state index in [2.05, 4.69) is 36.7 Å². The first-order valence-corrected chi connectivity index (χ1v) is 12.7. The van der Waals surface area contributed by atoms with Crippen molar-refractivity contribution in [2.24, 2.45) is 7.05 Å². The van der Waals surface area contributed by atoms with Crippen LogP contribution in [0.3, 0.4) is 0 Å². The van der Waals surface area contributed by atoms with Crippen molar-refractivity contribution in [2.75, 3.05) is 31.6 Å². The molecule has 2 aliphatic rings. The molecule has 10 heteroatoms. The van der Waals surface area contributed by atoms with Crippen LogP contribution < -0.4 is 10.2 Å². The number of nitrogens with one attached hydrogen (secondary N) is 1. The summed E-state index contributed by atoms with van der Waals surface area (Å²) in [6.45, 7) is 9.04. The molecule has 1 saturated heterocycles. The third kappa shape index (κ3) is 5.95. The number of carbonyl (C=O) groups excluding carboxylic acids is 1. The number of hydrogen-bond donors (Lipinski definition) is 2. The van der Waals surface area contributed by atoms with Crippen LogP contribution in [0.4, 0.5) is 5.82 Å². The van der Waals surface area contributed by atoms with Gasteiger partial charge >= 0.3 is 0 Å². The van der Waals surface area contributed by atoms with Gasteiger partial charge in [0.05, 0.1) is 30.1 Å². The molecule has 3 aromatic heterocycles. The number of hydrogen-bond acceptors (Lipinski definition) is 8. The van der Waals surface area contributed by atoms with E-state index in [0.29, 0.717) is 6.54 Å². The van der Waals surface area contributed by atoms with Crippen LogP contribution in [0.1, 0.15) is 40.8 Å². The van der Waals surface area contributed by atoms with Gasteiger partial charge in [-0.05, 0) is 57.5 Å². The van der Waals surface area contributed by atoms with Crippen LogP contribution in [-0.4, -0.2) is 67.3 Å². The maximum absolute atomic E-state index is 11.0. The fourth-order valence-electron chi connectivity index (χ4n) is 4.45. The molecule has 0 radical (unpaired) electrons.